The van der Waals surface area contributed by atoms with Gasteiger partial charge in [-0.15, -0.1) is 11.3 Å². The van der Waals surface area contributed by atoms with Crippen LogP contribution in [0.2, 0.25) is 0 Å². The lowest BCUT2D eigenvalue weighted by Crippen LogP contribution is -2.40. The fourth-order valence-electron chi connectivity index (χ4n) is 3.44. The van der Waals surface area contributed by atoms with Crippen molar-refractivity contribution >= 4 is 23.2 Å². The van der Waals surface area contributed by atoms with Gasteiger partial charge in [-0.2, -0.15) is 0 Å². The van der Waals surface area contributed by atoms with E-state index >= 15 is 0 Å². The van der Waals surface area contributed by atoms with Crippen LogP contribution in [0.5, 0.6) is 0 Å². The third kappa shape index (κ3) is 3.09. The van der Waals surface area contributed by atoms with Crippen molar-refractivity contribution in [2.24, 2.45) is 5.41 Å². The molecule has 1 N–H and O–H groups in total. The van der Waals surface area contributed by atoms with E-state index in [9.17, 15) is 14.7 Å². The van der Waals surface area contributed by atoms with Crippen LogP contribution in [0.4, 0.5) is 0 Å². The van der Waals surface area contributed by atoms with Crippen LogP contribution in [-0.4, -0.2) is 41.1 Å². The molecule has 2 aliphatic rings. The van der Waals surface area contributed by atoms with E-state index in [4.69, 9.17) is 4.74 Å². The Morgan fingerprint density at radius 2 is 2.14 bits per heavy atom. The van der Waals surface area contributed by atoms with Crippen LogP contribution in [0.15, 0.2) is 17.5 Å². The zero-order chi connectivity index (χ0) is 15.6. The molecule has 22 heavy (non-hydrogen) atoms. The number of rotatable bonds is 6. The number of nitrogens with zero attached hydrogens (tertiary/aromatic N) is 1. The normalized spacial score (nSPS) is 22.0. The van der Waals surface area contributed by atoms with Gasteiger partial charge in [-0.25, -0.2) is 0 Å². The van der Waals surface area contributed by atoms with Crippen molar-refractivity contribution in [3.63, 3.8) is 0 Å². The van der Waals surface area contributed by atoms with Crippen molar-refractivity contribution in [3.05, 3.63) is 22.4 Å². The van der Waals surface area contributed by atoms with Crippen molar-refractivity contribution < 1.29 is 19.4 Å². The standard InChI is InChI=1S/C16H21NO4S/c18-12(10-21-11-13-4-3-7-22-13)9-17-14(19)8-16(15(17)20)5-1-2-6-16/h3-4,7,12,18H,1-2,5-6,8-11H2. The molecule has 1 spiro atoms. The quantitative estimate of drug-likeness (QED) is 0.813. The molecule has 1 aliphatic carbocycles. The van der Waals surface area contributed by atoms with Crippen LogP contribution < -0.4 is 0 Å². The zero-order valence-corrected chi connectivity index (χ0v) is 13.3. The molecule has 1 aliphatic heterocycles. The summed E-state index contributed by atoms with van der Waals surface area (Å²) in [6.07, 6.45) is 3.12. The molecule has 1 saturated carbocycles. The molecule has 2 amide bonds. The van der Waals surface area contributed by atoms with Gasteiger partial charge < -0.3 is 9.84 Å². The first-order chi connectivity index (χ1) is 10.6. The number of likely N-dealkylation sites (tertiary alicyclic amines) is 1. The van der Waals surface area contributed by atoms with Gasteiger partial charge in [0.1, 0.15) is 0 Å². The fourth-order valence-corrected chi connectivity index (χ4v) is 4.08. The summed E-state index contributed by atoms with van der Waals surface area (Å²) in [5.74, 6) is -0.239. The molecule has 0 aromatic carbocycles. The number of β-amino-alcohol motifs (C(OH)–C–C–N with tert-alkyl or cyclic N) is 1. The molecular weight excluding hydrogens is 302 g/mol. The predicted molar refractivity (Wildman–Crippen MR) is 82.2 cm³/mol. The summed E-state index contributed by atoms with van der Waals surface area (Å²) in [5, 5.41) is 12.0. The van der Waals surface area contributed by atoms with Crippen molar-refractivity contribution in [3.8, 4) is 0 Å². The summed E-state index contributed by atoms with van der Waals surface area (Å²) in [6, 6.07) is 3.91. The minimum Gasteiger partial charge on any atom is -0.389 e. The molecule has 2 fully saturated rings. The Hall–Kier alpha value is -1.24. The van der Waals surface area contributed by atoms with Crippen molar-refractivity contribution in [1.82, 2.24) is 4.90 Å². The van der Waals surface area contributed by atoms with Gasteiger partial charge in [0.25, 0.3) is 0 Å². The van der Waals surface area contributed by atoms with E-state index in [0.717, 1.165) is 30.6 Å². The van der Waals surface area contributed by atoms with Gasteiger partial charge in [-0.05, 0) is 24.3 Å². The first kappa shape index (κ1) is 15.6. The number of imide groups is 1. The highest BCUT2D eigenvalue weighted by molar-refractivity contribution is 7.09. The lowest BCUT2D eigenvalue weighted by molar-refractivity contribution is -0.143. The number of thiophene rings is 1. The number of amides is 2. The van der Waals surface area contributed by atoms with Gasteiger partial charge in [0.05, 0.1) is 31.3 Å². The highest BCUT2D eigenvalue weighted by atomic mass is 32.1. The minimum absolute atomic E-state index is 0.0455. The topological polar surface area (TPSA) is 66.8 Å². The van der Waals surface area contributed by atoms with Crippen molar-refractivity contribution in [1.29, 1.82) is 0 Å². The Balaban J connectivity index is 1.49. The van der Waals surface area contributed by atoms with Crippen LogP contribution in [0.1, 0.15) is 37.0 Å². The second-order valence-electron chi connectivity index (χ2n) is 6.22. The van der Waals surface area contributed by atoms with E-state index in [1.807, 2.05) is 17.5 Å². The molecule has 0 bridgehead atoms. The number of carbonyl (C=O) groups excluding carboxylic acids is 2. The number of carbonyl (C=O) groups is 2. The Morgan fingerprint density at radius 3 is 2.82 bits per heavy atom. The number of ether oxygens (including phenoxy) is 1. The maximum atomic E-state index is 12.5. The third-order valence-corrected chi connectivity index (χ3v) is 5.43. The van der Waals surface area contributed by atoms with Gasteiger partial charge in [0.2, 0.25) is 11.8 Å². The molecule has 3 rings (SSSR count). The molecule has 1 saturated heterocycles. The minimum atomic E-state index is -0.829. The Kier molecular flexibility index (Phi) is 4.61. The fraction of sp³-hybridized carbons (Fsp3) is 0.625. The first-order valence-corrected chi connectivity index (χ1v) is 8.62. The number of aliphatic hydroxyl groups is 1. The lowest BCUT2D eigenvalue weighted by Gasteiger charge is -2.22. The lowest BCUT2D eigenvalue weighted by atomic mass is 9.84. The zero-order valence-electron chi connectivity index (χ0n) is 12.5. The highest BCUT2D eigenvalue weighted by Crippen LogP contribution is 2.46. The molecule has 120 valence electrons. The molecule has 6 heteroatoms. The van der Waals surface area contributed by atoms with Gasteiger partial charge in [0.15, 0.2) is 0 Å². The summed E-state index contributed by atoms with van der Waals surface area (Å²) in [4.78, 5) is 26.9. The second kappa shape index (κ2) is 6.48. The van der Waals surface area contributed by atoms with Crippen LogP contribution in [0, 0.1) is 5.41 Å². The third-order valence-electron chi connectivity index (χ3n) is 4.58. The molecule has 1 aromatic rings. The van der Waals surface area contributed by atoms with Gasteiger partial charge >= 0.3 is 0 Å². The molecule has 1 atom stereocenters. The second-order valence-corrected chi connectivity index (χ2v) is 7.25. The summed E-state index contributed by atoms with van der Waals surface area (Å²) in [5.41, 5.74) is -0.464. The van der Waals surface area contributed by atoms with E-state index in [0.29, 0.717) is 13.0 Å². The van der Waals surface area contributed by atoms with Crippen LogP contribution in [0.3, 0.4) is 0 Å². The number of aliphatic hydroxyl groups excluding tert-OH is 1. The predicted octanol–water partition coefficient (Wildman–Crippen LogP) is 1.94. The number of hydrogen-bond acceptors (Lipinski definition) is 5. The Bertz CT molecular complexity index is 536. The van der Waals surface area contributed by atoms with Gasteiger partial charge in [-0.3, -0.25) is 14.5 Å². The summed E-state index contributed by atoms with van der Waals surface area (Å²) < 4.78 is 5.45. The van der Waals surface area contributed by atoms with E-state index < -0.39 is 11.5 Å². The van der Waals surface area contributed by atoms with E-state index in [2.05, 4.69) is 0 Å². The van der Waals surface area contributed by atoms with E-state index in [-0.39, 0.29) is 25.0 Å². The maximum absolute atomic E-state index is 12.5. The summed E-state index contributed by atoms with van der Waals surface area (Å²) >= 11 is 1.60. The summed E-state index contributed by atoms with van der Waals surface area (Å²) in [6.45, 7) is 0.617. The highest BCUT2D eigenvalue weighted by Gasteiger charge is 2.52. The van der Waals surface area contributed by atoms with E-state index in [1.165, 1.54) is 4.90 Å². The molecule has 2 heterocycles. The Morgan fingerprint density at radius 1 is 1.36 bits per heavy atom. The Labute approximate surface area is 133 Å². The molecule has 0 radical (unpaired) electrons. The van der Waals surface area contributed by atoms with Gasteiger partial charge in [-0.1, -0.05) is 18.9 Å². The average Bonchev–Trinajstić information content (AvgIpc) is 3.19. The smallest absolute Gasteiger partial charge is 0.235 e. The largest absolute Gasteiger partial charge is 0.389 e. The summed E-state index contributed by atoms with van der Waals surface area (Å²) in [7, 11) is 0. The first-order valence-electron chi connectivity index (χ1n) is 7.74. The van der Waals surface area contributed by atoms with Crippen LogP contribution in [-0.2, 0) is 20.9 Å². The SMILES string of the molecule is O=C1CC2(CCCC2)C(=O)N1CC(O)COCc1cccs1. The van der Waals surface area contributed by atoms with Crippen LogP contribution >= 0.6 is 11.3 Å². The molecular formula is C16H21NO4S. The van der Waals surface area contributed by atoms with Gasteiger partial charge in [0, 0.05) is 11.3 Å². The monoisotopic (exact) mass is 323 g/mol. The van der Waals surface area contributed by atoms with Crippen LogP contribution in [0.25, 0.3) is 0 Å². The van der Waals surface area contributed by atoms with Crippen molar-refractivity contribution in [2.75, 3.05) is 13.2 Å². The number of hydrogen-bond donors (Lipinski definition) is 1. The molecule has 1 unspecified atom stereocenters. The maximum Gasteiger partial charge on any atom is 0.235 e. The van der Waals surface area contributed by atoms with E-state index in [1.54, 1.807) is 11.3 Å². The molecule has 5 nitrogen and oxygen atoms in total. The average molecular weight is 323 g/mol. The molecule has 1 aromatic heterocycles. The van der Waals surface area contributed by atoms with Crippen molar-refractivity contribution in [2.45, 2.75) is 44.8 Å².